The lowest BCUT2D eigenvalue weighted by Crippen LogP contribution is -2.40. The van der Waals surface area contributed by atoms with Crippen LogP contribution in [0.3, 0.4) is 0 Å². The number of hydrogen-bond acceptors (Lipinski definition) is 7. The lowest BCUT2D eigenvalue weighted by atomic mass is 10.2. The van der Waals surface area contributed by atoms with Crippen LogP contribution < -0.4 is 10.6 Å². The summed E-state index contributed by atoms with van der Waals surface area (Å²) in [7, 11) is -1.48. The number of amides is 2. The molecule has 2 atom stereocenters. The van der Waals surface area contributed by atoms with Crippen molar-refractivity contribution in [3.63, 3.8) is 0 Å². The van der Waals surface area contributed by atoms with Crippen molar-refractivity contribution in [1.82, 2.24) is 15.2 Å². The number of nitrogens with one attached hydrogen (secondary N) is 2. The Morgan fingerprint density at radius 1 is 1.34 bits per heavy atom. The summed E-state index contributed by atoms with van der Waals surface area (Å²) in [5.74, 6) is -0.290. The number of likely N-dealkylation sites (N-methyl/N-ethyl adjacent to an activating group) is 1. The number of aliphatic hydroxyl groups is 1. The molecule has 1 aliphatic rings. The van der Waals surface area contributed by atoms with Gasteiger partial charge in [-0.15, -0.1) is 11.3 Å². The Kier molecular flexibility index (Phi) is 7.02. The summed E-state index contributed by atoms with van der Waals surface area (Å²) < 4.78 is 23.3. The summed E-state index contributed by atoms with van der Waals surface area (Å²) in [6.45, 7) is 0.637. The van der Waals surface area contributed by atoms with Crippen molar-refractivity contribution in [2.45, 2.75) is 25.2 Å². The minimum Gasteiger partial charge on any atom is -0.390 e. The minimum atomic E-state index is -3.22. The molecule has 2 aromatic rings. The van der Waals surface area contributed by atoms with Crippen molar-refractivity contribution in [2.24, 2.45) is 0 Å². The molecule has 3 rings (SSSR count). The molecule has 2 unspecified atom stereocenters. The number of hydrogen-bond donors (Lipinski definition) is 3. The normalized spacial score (nSPS) is 20.7. The van der Waals surface area contributed by atoms with E-state index < -0.39 is 28.0 Å². The van der Waals surface area contributed by atoms with Gasteiger partial charge in [-0.25, -0.2) is 18.2 Å². The molecule has 8 nitrogen and oxygen atoms in total. The molecule has 0 saturated carbocycles. The van der Waals surface area contributed by atoms with E-state index in [2.05, 4.69) is 15.6 Å². The molecule has 12 heteroatoms. The fraction of sp³-hybridized carbons (Fsp3) is 0.412. The van der Waals surface area contributed by atoms with Crippen LogP contribution in [-0.4, -0.2) is 60.1 Å². The van der Waals surface area contributed by atoms with E-state index in [9.17, 15) is 18.3 Å². The average molecular weight is 479 g/mol. The first kappa shape index (κ1) is 22.3. The first-order chi connectivity index (χ1) is 13.6. The average Bonchev–Trinajstić information content (AvgIpc) is 3.18. The van der Waals surface area contributed by atoms with Gasteiger partial charge in [-0.2, -0.15) is 0 Å². The van der Waals surface area contributed by atoms with Gasteiger partial charge in [-0.1, -0.05) is 29.3 Å². The van der Waals surface area contributed by atoms with E-state index in [0.717, 1.165) is 5.56 Å². The molecular weight excluding hydrogens is 459 g/mol. The van der Waals surface area contributed by atoms with Gasteiger partial charge in [0.05, 0.1) is 39.4 Å². The summed E-state index contributed by atoms with van der Waals surface area (Å²) >= 11 is 13.1. The standard InChI is InChI=1S/C17H20Cl2N4O4S2/c1-23(14-8-29(26,27)9-15(14)24)6-11-7-28-17(21-11)22-16(25)20-5-10-2-3-12(18)13(19)4-10/h2-4,7,14-15,24H,5-6,8-9H2,1H3,(H2,20,21,22,25). The van der Waals surface area contributed by atoms with Crippen molar-refractivity contribution in [1.29, 1.82) is 0 Å². The van der Waals surface area contributed by atoms with Crippen LogP contribution in [0.5, 0.6) is 0 Å². The molecule has 1 aromatic heterocycles. The number of aromatic nitrogens is 1. The first-order valence-electron chi connectivity index (χ1n) is 8.65. The van der Waals surface area contributed by atoms with Crippen molar-refractivity contribution in [3.8, 4) is 0 Å². The Bertz CT molecular complexity index is 999. The number of halogens is 2. The predicted octanol–water partition coefficient (Wildman–Crippen LogP) is 2.36. The van der Waals surface area contributed by atoms with Gasteiger partial charge in [0.15, 0.2) is 15.0 Å². The second-order valence-corrected chi connectivity index (χ2v) is 10.7. The van der Waals surface area contributed by atoms with Crippen LogP contribution in [0.15, 0.2) is 23.6 Å². The zero-order chi connectivity index (χ0) is 21.2. The van der Waals surface area contributed by atoms with Gasteiger partial charge in [0.25, 0.3) is 0 Å². The van der Waals surface area contributed by atoms with Gasteiger partial charge < -0.3 is 10.4 Å². The molecular formula is C17H20Cl2N4O4S2. The molecule has 0 aliphatic carbocycles. The number of carbonyl (C=O) groups is 1. The molecule has 1 aliphatic heterocycles. The van der Waals surface area contributed by atoms with Crippen LogP contribution >= 0.6 is 34.5 Å². The fourth-order valence-corrected chi connectivity index (χ4v) is 5.91. The third kappa shape index (κ3) is 6.03. The lowest BCUT2D eigenvalue weighted by Gasteiger charge is -2.24. The molecule has 158 valence electrons. The van der Waals surface area contributed by atoms with E-state index >= 15 is 0 Å². The molecule has 1 fully saturated rings. The fourth-order valence-electron chi connectivity index (χ4n) is 3.01. The van der Waals surface area contributed by atoms with E-state index in [1.165, 1.54) is 11.3 Å². The topological polar surface area (TPSA) is 112 Å². The maximum atomic E-state index is 12.1. The van der Waals surface area contributed by atoms with Crippen molar-refractivity contribution in [3.05, 3.63) is 44.9 Å². The number of sulfone groups is 1. The molecule has 0 spiro atoms. The highest BCUT2D eigenvalue weighted by atomic mass is 35.5. The van der Waals surface area contributed by atoms with Crippen LogP contribution in [0.2, 0.25) is 10.0 Å². The van der Waals surface area contributed by atoms with Gasteiger partial charge in [-0.3, -0.25) is 10.2 Å². The predicted molar refractivity (Wildman–Crippen MR) is 114 cm³/mol. The van der Waals surface area contributed by atoms with E-state index in [-0.39, 0.29) is 18.1 Å². The number of carbonyl (C=O) groups excluding carboxylic acids is 1. The van der Waals surface area contributed by atoms with Gasteiger partial charge in [0, 0.05) is 18.5 Å². The second-order valence-electron chi connectivity index (χ2n) is 6.83. The Morgan fingerprint density at radius 3 is 2.76 bits per heavy atom. The number of thiazole rings is 1. The van der Waals surface area contributed by atoms with Gasteiger partial charge in [0.2, 0.25) is 0 Å². The van der Waals surface area contributed by atoms with Gasteiger partial charge >= 0.3 is 6.03 Å². The lowest BCUT2D eigenvalue weighted by molar-refractivity contribution is 0.0952. The monoisotopic (exact) mass is 478 g/mol. The maximum absolute atomic E-state index is 12.1. The minimum absolute atomic E-state index is 0.0724. The summed E-state index contributed by atoms with van der Waals surface area (Å²) in [6, 6.07) is 4.23. The van der Waals surface area contributed by atoms with Crippen LogP contribution in [0.1, 0.15) is 11.3 Å². The highest BCUT2D eigenvalue weighted by Crippen LogP contribution is 2.23. The van der Waals surface area contributed by atoms with Crippen LogP contribution in [-0.2, 0) is 22.9 Å². The second kappa shape index (κ2) is 9.15. The SMILES string of the molecule is CN(Cc1csc(NC(=O)NCc2ccc(Cl)c(Cl)c2)n1)C1CS(=O)(=O)CC1O. The van der Waals surface area contributed by atoms with Crippen LogP contribution in [0.25, 0.3) is 0 Å². The molecule has 1 saturated heterocycles. The third-order valence-electron chi connectivity index (χ3n) is 4.48. The molecule has 0 radical (unpaired) electrons. The molecule has 0 bridgehead atoms. The molecule has 2 amide bonds. The number of urea groups is 1. The van der Waals surface area contributed by atoms with E-state index in [1.807, 2.05) is 0 Å². The molecule has 29 heavy (non-hydrogen) atoms. The maximum Gasteiger partial charge on any atom is 0.321 e. The van der Waals surface area contributed by atoms with Gasteiger partial charge in [0.1, 0.15) is 0 Å². The Labute approximate surface area is 182 Å². The highest BCUT2D eigenvalue weighted by molar-refractivity contribution is 7.91. The number of anilines is 1. The summed E-state index contributed by atoms with van der Waals surface area (Å²) in [5.41, 5.74) is 1.48. The summed E-state index contributed by atoms with van der Waals surface area (Å²) in [4.78, 5) is 18.2. The Hall–Kier alpha value is -1.43. The van der Waals surface area contributed by atoms with Crippen molar-refractivity contribution in [2.75, 3.05) is 23.9 Å². The quantitative estimate of drug-likeness (QED) is 0.587. The number of rotatable bonds is 6. The van der Waals surface area contributed by atoms with Crippen LogP contribution in [0.4, 0.5) is 9.93 Å². The van der Waals surface area contributed by atoms with Crippen molar-refractivity contribution < 1.29 is 18.3 Å². The first-order valence-corrected chi connectivity index (χ1v) is 12.1. The van der Waals surface area contributed by atoms with E-state index in [4.69, 9.17) is 23.2 Å². The number of nitrogens with zero attached hydrogens (tertiary/aromatic N) is 2. The smallest absolute Gasteiger partial charge is 0.321 e. The Morgan fingerprint density at radius 2 is 2.10 bits per heavy atom. The highest BCUT2D eigenvalue weighted by Gasteiger charge is 2.38. The van der Waals surface area contributed by atoms with Crippen LogP contribution in [0, 0.1) is 0 Å². The molecule has 2 heterocycles. The van der Waals surface area contributed by atoms with E-state index in [1.54, 1.807) is 35.5 Å². The number of benzene rings is 1. The van der Waals surface area contributed by atoms with Crippen molar-refractivity contribution >= 4 is 55.5 Å². The zero-order valence-electron chi connectivity index (χ0n) is 15.4. The number of aliphatic hydroxyl groups excluding tert-OH is 1. The van der Waals surface area contributed by atoms with E-state index in [0.29, 0.717) is 27.4 Å². The summed E-state index contributed by atoms with van der Waals surface area (Å²) in [5, 5.41) is 18.4. The summed E-state index contributed by atoms with van der Waals surface area (Å²) in [6.07, 6.45) is -0.909. The van der Waals surface area contributed by atoms with Gasteiger partial charge in [-0.05, 0) is 24.7 Å². The third-order valence-corrected chi connectivity index (χ3v) is 7.72. The zero-order valence-corrected chi connectivity index (χ0v) is 18.6. The largest absolute Gasteiger partial charge is 0.390 e. The Balaban J connectivity index is 1.50. The molecule has 3 N–H and O–H groups in total. The molecule has 1 aromatic carbocycles.